The molecule has 1 fully saturated rings. The van der Waals surface area contributed by atoms with E-state index in [9.17, 15) is 9.90 Å². The molecule has 8 nitrogen and oxygen atoms in total. The van der Waals surface area contributed by atoms with Crippen LogP contribution in [-0.4, -0.2) is 48.5 Å². The molecule has 1 aliphatic rings. The van der Waals surface area contributed by atoms with Crippen LogP contribution in [0.4, 0.5) is 0 Å². The SMILES string of the molecule is Cc1oc(C2CC[C@@H](C)N(C(=O)c3ccccc3-n3nccn3)C2)nc1C(C)(C)O. The zero-order valence-corrected chi connectivity index (χ0v) is 17.7. The topological polar surface area (TPSA) is 97.3 Å². The molecule has 158 valence electrons. The smallest absolute Gasteiger partial charge is 0.256 e. The highest BCUT2D eigenvalue weighted by Crippen LogP contribution is 2.34. The second kappa shape index (κ2) is 7.68. The number of aryl methyl sites for hydroxylation is 1. The van der Waals surface area contributed by atoms with E-state index >= 15 is 0 Å². The van der Waals surface area contributed by atoms with Crippen LogP contribution in [0.1, 0.15) is 67.2 Å². The highest BCUT2D eigenvalue weighted by atomic mass is 16.4. The van der Waals surface area contributed by atoms with Gasteiger partial charge < -0.3 is 14.4 Å². The van der Waals surface area contributed by atoms with Gasteiger partial charge in [0.25, 0.3) is 5.91 Å². The molecular weight excluding hydrogens is 382 g/mol. The van der Waals surface area contributed by atoms with E-state index in [-0.39, 0.29) is 17.9 Å². The number of rotatable bonds is 4. The first kappa shape index (κ1) is 20.3. The molecule has 0 radical (unpaired) electrons. The van der Waals surface area contributed by atoms with Crippen molar-refractivity contribution >= 4 is 5.91 Å². The van der Waals surface area contributed by atoms with Crippen LogP contribution in [0.3, 0.4) is 0 Å². The standard InChI is InChI=1S/C22H27N5O3/c1-14-9-10-16(20-25-19(15(2)30-20)22(3,4)29)13-26(14)21(28)17-7-5-6-8-18(17)27-23-11-12-24-27/h5-8,11-12,14,16,29H,9-10,13H2,1-4H3/t14-,16?/m1/s1. The second-order valence-corrected chi connectivity index (χ2v) is 8.43. The Balaban J connectivity index is 1.62. The second-order valence-electron chi connectivity index (χ2n) is 8.43. The maximum atomic E-state index is 13.5. The third-order valence-corrected chi connectivity index (χ3v) is 5.65. The van der Waals surface area contributed by atoms with Gasteiger partial charge in [-0.1, -0.05) is 12.1 Å². The molecule has 1 saturated heterocycles. The van der Waals surface area contributed by atoms with E-state index in [0.717, 1.165) is 12.8 Å². The Morgan fingerprint density at radius 1 is 1.20 bits per heavy atom. The van der Waals surface area contributed by atoms with Gasteiger partial charge in [-0.15, -0.1) is 0 Å². The van der Waals surface area contributed by atoms with Crippen molar-refractivity contribution in [3.63, 3.8) is 0 Å². The molecule has 4 rings (SSSR count). The summed E-state index contributed by atoms with van der Waals surface area (Å²) in [5, 5.41) is 18.7. The summed E-state index contributed by atoms with van der Waals surface area (Å²) >= 11 is 0. The van der Waals surface area contributed by atoms with Gasteiger partial charge in [0.2, 0.25) is 0 Å². The lowest BCUT2D eigenvalue weighted by atomic mass is 9.92. The molecular formula is C22H27N5O3. The normalized spacial score (nSPS) is 19.8. The average Bonchev–Trinajstić information content (AvgIpc) is 3.37. The van der Waals surface area contributed by atoms with Crippen LogP contribution in [0.5, 0.6) is 0 Å². The molecule has 1 unspecified atom stereocenters. The molecule has 1 aliphatic heterocycles. The number of piperidine rings is 1. The molecule has 2 aromatic heterocycles. The molecule has 3 aromatic rings. The van der Waals surface area contributed by atoms with Gasteiger partial charge in [-0.2, -0.15) is 15.0 Å². The van der Waals surface area contributed by atoms with Crippen LogP contribution in [0.15, 0.2) is 41.1 Å². The lowest BCUT2D eigenvalue weighted by molar-refractivity contribution is 0.0594. The average molecular weight is 409 g/mol. The molecule has 2 atom stereocenters. The zero-order valence-electron chi connectivity index (χ0n) is 17.7. The van der Waals surface area contributed by atoms with E-state index in [4.69, 9.17) is 4.42 Å². The Labute approximate surface area is 175 Å². The van der Waals surface area contributed by atoms with Gasteiger partial charge in [0.05, 0.1) is 29.6 Å². The Morgan fingerprint density at radius 3 is 2.57 bits per heavy atom. The number of para-hydroxylation sites is 1. The molecule has 0 bridgehead atoms. The van der Waals surface area contributed by atoms with Crippen molar-refractivity contribution in [2.45, 2.75) is 58.1 Å². The molecule has 0 spiro atoms. The minimum atomic E-state index is -1.07. The van der Waals surface area contributed by atoms with E-state index in [1.165, 1.54) is 4.80 Å². The van der Waals surface area contributed by atoms with Gasteiger partial charge in [0.1, 0.15) is 17.1 Å². The van der Waals surface area contributed by atoms with Gasteiger partial charge in [-0.3, -0.25) is 4.79 Å². The number of carbonyl (C=O) groups excluding carboxylic acids is 1. The zero-order chi connectivity index (χ0) is 21.5. The Bertz CT molecular complexity index is 1040. The maximum absolute atomic E-state index is 13.5. The predicted octanol–water partition coefficient (Wildman–Crippen LogP) is 3.20. The molecule has 3 heterocycles. The summed E-state index contributed by atoms with van der Waals surface area (Å²) < 4.78 is 5.90. The minimum Gasteiger partial charge on any atom is -0.445 e. The number of nitrogens with zero attached hydrogens (tertiary/aromatic N) is 5. The summed E-state index contributed by atoms with van der Waals surface area (Å²) in [6.07, 6.45) is 4.90. The fourth-order valence-electron chi connectivity index (χ4n) is 4.07. The van der Waals surface area contributed by atoms with Crippen LogP contribution in [0.2, 0.25) is 0 Å². The summed E-state index contributed by atoms with van der Waals surface area (Å²) in [5.74, 6) is 1.11. The van der Waals surface area contributed by atoms with Crippen LogP contribution in [0, 0.1) is 6.92 Å². The van der Waals surface area contributed by atoms with Crippen molar-refractivity contribution in [2.75, 3.05) is 6.54 Å². The number of oxazole rings is 1. The fraction of sp³-hybridized carbons (Fsp3) is 0.455. The van der Waals surface area contributed by atoms with Crippen LogP contribution < -0.4 is 0 Å². The van der Waals surface area contributed by atoms with Gasteiger partial charge in [0, 0.05) is 12.6 Å². The fourth-order valence-corrected chi connectivity index (χ4v) is 4.07. The van der Waals surface area contributed by atoms with E-state index in [0.29, 0.717) is 35.1 Å². The van der Waals surface area contributed by atoms with Gasteiger partial charge in [-0.05, 0) is 52.7 Å². The van der Waals surface area contributed by atoms with Crippen molar-refractivity contribution in [2.24, 2.45) is 0 Å². The predicted molar refractivity (Wildman–Crippen MR) is 110 cm³/mol. The van der Waals surface area contributed by atoms with Crippen LogP contribution >= 0.6 is 0 Å². The van der Waals surface area contributed by atoms with E-state index in [1.807, 2.05) is 30.0 Å². The quantitative estimate of drug-likeness (QED) is 0.711. The molecule has 1 aromatic carbocycles. The van der Waals surface area contributed by atoms with E-state index in [2.05, 4.69) is 22.1 Å². The number of likely N-dealkylation sites (tertiary alicyclic amines) is 1. The summed E-state index contributed by atoms with van der Waals surface area (Å²) in [6, 6.07) is 7.45. The third kappa shape index (κ3) is 3.75. The third-order valence-electron chi connectivity index (χ3n) is 5.65. The first-order chi connectivity index (χ1) is 14.3. The molecule has 0 saturated carbocycles. The van der Waals surface area contributed by atoms with Gasteiger partial charge in [0.15, 0.2) is 5.89 Å². The van der Waals surface area contributed by atoms with Crippen molar-refractivity contribution in [1.82, 2.24) is 24.9 Å². The number of benzene rings is 1. The number of carbonyl (C=O) groups is 1. The molecule has 0 aliphatic carbocycles. The number of aliphatic hydroxyl groups is 1. The Morgan fingerprint density at radius 2 is 1.90 bits per heavy atom. The van der Waals surface area contributed by atoms with Crippen molar-refractivity contribution in [3.8, 4) is 5.69 Å². The maximum Gasteiger partial charge on any atom is 0.256 e. The highest BCUT2D eigenvalue weighted by molar-refractivity contribution is 5.98. The largest absolute Gasteiger partial charge is 0.445 e. The highest BCUT2D eigenvalue weighted by Gasteiger charge is 2.35. The number of hydrogen-bond donors (Lipinski definition) is 1. The van der Waals surface area contributed by atoms with Crippen LogP contribution in [0.25, 0.3) is 5.69 Å². The summed E-state index contributed by atoms with van der Waals surface area (Å²) in [7, 11) is 0. The van der Waals surface area contributed by atoms with E-state index < -0.39 is 5.60 Å². The first-order valence-corrected chi connectivity index (χ1v) is 10.2. The molecule has 8 heteroatoms. The summed E-state index contributed by atoms with van der Waals surface area (Å²) in [5.41, 5.74) is 0.683. The molecule has 30 heavy (non-hydrogen) atoms. The van der Waals surface area contributed by atoms with Crippen molar-refractivity contribution in [1.29, 1.82) is 0 Å². The molecule has 1 N–H and O–H groups in total. The molecule has 1 amide bonds. The number of amides is 1. The minimum absolute atomic E-state index is 0.0186. The summed E-state index contributed by atoms with van der Waals surface area (Å²) in [4.78, 5) is 21.4. The monoisotopic (exact) mass is 409 g/mol. The van der Waals surface area contributed by atoms with Gasteiger partial charge >= 0.3 is 0 Å². The Hall–Kier alpha value is -3.00. The summed E-state index contributed by atoms with van der Waals surface area (Å²) in [6.45, 7) is 7.77. The Kier molecular flexibility index (Phi) is 5.19. The van der Waals surface area contributed by atoms with Gasteiger partial charge in [-0.25, -0.2) is 4.98 Å². The van der Waals surface area contributed by atoms with E-state index in [1.54, 1.807) is 32.3 Å². The first-order valence-electron chi connectivity index (χ1n) is 10.2. The number of aromatic nitrogens is 4. The lowest BCUT2D eigenvalue weighted by Gasteiger charge is -2.37. The lowest BCUT2D eigenvalue weighted by Crippen LogP contribution is -2.45. The van der Waals surface area contributed by atoms with Crippen molar-refractivity contribution in [3.05, 3.63) is 59.6 Å². The van der Waals surface area contributed by atoms with Crippen molar-refractivity contribution < 1.29 is 14.3 Å². The number of hydrogen-bond acceptors (Lipinski definition) is 6. The van der Waals surface area contributed by atoms with Crippen LogP contribution in [-0.2, 0) is 5.60 Å².